The van der Waals surface area contributed by atoms with Gasteiger partial charge in [-0.05, 0) is 34.5 Å². The number of hydrogen-bond donors (Lipinski definition) is 0. The van der Waals surface area contributed by atoms with E-state index in [1.54, 1.807) is 10.8 Å². The lowest BCUT2D eigenvalue weighted by Crippen LogP contribution is -2.48. The normalized spacial score (nSPS) is 34.1. The Balaban J connectivity index is 3.26. The molecule has 3 atom stereocenters. The summed E-state index contributed by atoms with van der Waals surface area (Å²) in [6.07, 6.45) is 2.36. The molecule has 0 spiro atoms. The zero-order valence-electron chi connectivity index (χ0n) is 15.8. The summed E-state index contributed by atoms with van der Waals surface area (Å²) in [6, 6.07) is 0. The lowest BCUT2D eigenvalue weighted by molar-refractivity contribution is 0.148. The smallest absolute Gasteiger partial charge is 0.0849 e. The van der Waals surface area contributed by atoms with Crippen molar-refractivity contribution in [3.63, 3.8) is 0 Å². The second-order valence-corrected chi connectivity index (χ2v) is 13.5. The van der Waals surface area contributed by atoms with Gasteiger partial charge in [-0.3, -0.25) is 0 Å². The van der Waals surface area contributed by atoms with E-state index in [0.717, 1.165) is 6.42 Å². The van der Waals surface area contributed by atoms with Crippen LogP contribution < -0.4 is 0 Å². The van der Waals surface area contributed by atoms with Gasteiger partial charge in [0, 0.05) is 5.25 Å². The van der Waals surface area contributed by atoms with Crippen LogP contribution in [-0.4, -0.2) is 14.7 Å². The number of hydrogen-bond acceptors (Lipinski definition) is 2. The van der Waals surface area contributed by atoms with E-state index >= 15 is 0 Å². The molecule has 3 heteroatoms. The van der Waals surface area contributed by atoms with Crippen LogP contribution in [0.25, 0.3) is 0 Å². The summed E-state index contributed by atoms with van der Waals surface area (Å²) in [5, 5.41) is 0.655. The molecule has 0 amide bonds. The first-order valence-corrected chi connectivity index (χ1v) is 10.8. The first-order chi connectivity index (χ1) is 9.09. The van der Waals surface area contributed by atoms with Crippen molar-refractivity contribution in [2.45, 2.75) is 92.6 Å². The lowest BCUT2D eigenvalue weighted by atomic mass is 9.67. The summed E-state index contributed by atoms with van der Waals surface area (Å²) in [5.74, 6) is 0. The fourth-order valence-corrected chi connectivity index (χ4v) is 10.6. The average Bonchev–Trinajstić information content (AvgIpc) is 2.18. The van der Waals surface area contributed by atoms with Crippen LogP contribution in [0.3, 0.4) is 0 Å². The number of rotatable bonds is 0. The van der Waals surface area contributed by atoms with Gasteiger partial charge >= 0.3 is 0 Å². The Hall–Kier alpha value is 0.500. The molecule has 1 aliphatic heterocycles. The molecule has 1 unspecified atom stereocenters. The molecule has 0 radical (unpaired) electrons. The minimum Gasteiger partial charge on any atom is -0.248 e. The molecule has 1 aliphatic rings. The van der Waals surface area contributed by atoms with Gasteiger partial charge in [0.2, 0.25) is 0 Å². The molecule has 0 aromatic rings. The Kier molecular flexibility index (Phi) is 5.45. The highest BCUT2D eigenvalue weighted by Gasteiger charge is 2.49. The van der Waals surface area contributed by atoms with Crippen LogP contribution in [0.15, 0.2) is 0 Å². The lowest BCUT2D eigenvalue weighted by Gasteiger charge is -2.50. The SMILES string of the molecule is CC(C)(C)[C@H]1SS(=O)[C@H](C(C)(C)C)C(C)(C)CCC1(C)C. The van der Waals surface area contributed by atoms with Crippen molar-refractivity contribution in [3.8, 4) is 0 Å². The Morgan fingerprint density at radius 1 is 0.857 bits per heavy atom. The summed E-state index contributed by atoms with van der Waals surface area (Å²) in [7, 11) is 0.892. The van der Waals surface area contributed by atoms with Crippen LogP contribution in [0, 0.1) is 21.7 Å². The van der Waals surface area contributed by atoms with Crippen molar-refractivity contribution in [3.05, 3.63) is 0 Å². The van der Waals surface area contributed by atoms with Crippen molar-refractivity contribution < 1.29 is 4.21 Å². The molecule has 0 aromatic carbocycles. The highest BCUT2D eigenvalue weighted by atomic mass is 33.1. The minimum atomic E-state index is -0.852. The molecule has 1 heterocycles. The predicted molar refractivity (Wildman–Crippen MR) is 99.0 cm³/mol. The second kappa shape index (κ2) is 5.85. The van der Waals surface area contributed by atoms with Crippen LogP contribution in [0.5, 0.6) is 0 Å². The van der Waals surface area contributed by atoms with Crippen molar-refractivity contribution >= 4 is 20.6 Å². The van der Waals surface area contributed by atoms with E-state index in [4.69, 9.17) is 0 Å². The molecule has 0 aromatic heterocycles. The zero-order valence-corrected chi connectivity index (χ0v) is 17.4. The van der Waals surface area contributed by atoms with Crippen LogP contribution >= 0.6 is 10.8 Å². The molecule has 0 saturated carbocycles. The van der Waals surface area contributed by atoms with E-state index in [2.05, 4.69) is 69.2 Å². The molecule has 0 N–H and O–H groups in total. The summed E-state index contributed by atoms with van der Waals surface area (Å²) >= 11 is 0. The van der Waals surface area contributed by atoms with Gasteiger partial charge in [0.25, 0.3) is 0 Å². The van der Waals surface area contributed by atoms with Gasteiger partial charge in [0.1, 0.15) is 0 Å². The van der Waals surface area contributed by atoms with Crippen molar-refractivity contribution in [2.75, 3.05) is 0 Å². The third-order valence-electron chi connectivity index (χ3n) is 4.79. The molecule has 1 fully saturated rings. The monoisotopic (exact) mass is 332 g/mol. The second-order valence-electron chi connectivity index (χ2n) is 10.3. The molecule has 21 heavy (non-hydrogen) atoms. The standard InChI is InChI=1S/C18H36OS2/c1-15(2,3)13-17(7,8)11-12-18(9,10)14(16(4,5)6)21(19)20-13/h13-14H,11-12H2,1-10H3/t13-,14-,21?/m1/s1. The van der Waals surface area contributed by atoms with E-state index in [1.165, 1.54) is 6.42 Å². The van der Waals surface area contributed by atoms with Crippen LogP contribution in [0.2, 0.25) is 0 Å². The van der Waals surface area contributed by atoms with Crippen molar-refractivity contribution in [2.24, 2.45) is 21.7 Å². The summed E-state index contributed by atoms with van der Waals surface area (Å²) in [5.41, 5.74) is 0.591. The van der Waals surface area contributed by atoms with Crippen molar-refractivity contribution in [1.29, 1.82) is 0 Å². The van der Waals surface area contributed by atoms with Gasteiger partial charge in [-0.25, -0.2) is 4.21 Å². The van der Waals surface area contributed by atoms with Gasteiger partial charge in [-0.15, -0.1) is 0 Å². The topological polar surface area (TPSA) is 17.1 Å². The third-order valence-corrected chi connectivity index (χ3v) is 9.97. The maximum Gasteiger partial charge on any atom is 0.0849 e. The highest BCUT2D eigenvalue weighted by Crippen LogP contribution is 2.54. The fraction of sp³-hybridized carbons (Fsp3) is 1.00. The molecule has 1 saturated heterocycles. The van der Waals surface area contributed by atoms with E-state index in [1.807, 2.05) is 0 Å². The quantitative estimate of drug-likeness (QED) is 0.502. The van der Waals surface area contributed by atoms with Crippen LogP contribution in [0.1, 0.15) is 82.1 Å². The van der Waals surface area contributed by atoms with Crippen LogP contribution in [-0.2, 0) is 9.83 Å². The van der Waals surface area contributed by atoms with Gasteiger partial charge in [0.15, 0.2) is 0 Å². The van der Waals surface area contributed by atoms with E-state index in [-0.39, 0.29) is 26.9 Å². The Bertz CT molecular complexity index is 396. The summed E-state index contributed by atoms with van der Waals surface area (Å²) < 4.78 is 13.2. The molecule has 0 aliphatic carbocycles. The summed E-state index contributed by atoms with van der Waals surface area (Å²) in [6.45, 7) is 23.0. The first-order valence-electron chi connectivity index (χ1n) is 8.17. The molecular weight excluding hydrogens is 296 g/mol. The van der Waals surface area contributed by atoms with E-state index < -0.39 is 9.83 Å². The fourth-order valence-electron chi connectivity index (χ4n) is 4.23. The van der Waals surface area contributed by atoms with Gasteiger partial charge in [-0.2, -0.15) is 0 Å². The predicted octanol–water partition coefficient (Wildman–Crippen LogP) is 6.06. The van der Waals surface area contributed by atoms with Crippen molar-refractivity contribution in [1.82, 2.24) is 0 Å². The maximum atomic E-state index is 13.2. The Morgan fingerprint density at radius 3 is 1.67 bits per heavy atom. The zero-order chi connectivity index (χ0) is 16.9. The molecule has 1 nitrogen and oxygen atoms in total. The molecular formula is C18H36OS2. The van der Waals surface area contributed by atoms with Gasteiger partial charge in [-0.1, -0.05) is 80.0 Å². The Labute approximate surface area is 139 Å². The van der Waals surface area contributed by atoms with E-state index in [9.17, 15) is 4.21 Å². The Morgan fingerprint density at radius 2 is 1.29 bits per heavy atom. The summed E-state index contributed by atoms with van der Waals surface area (Å²) in [4.78, 5) is 0. The third kappa shape index (κ3) is 4.50. The van der Waals surface area contributed by atoms with E-state index in [0.29, 0.717) is 5.25 Å². The minimum absolute atomic E-state index is 0.0747. The molecule has 0 bridgehead atoms. The van der Waals surface area contributed by atoms with Gasteiger partial charge in [0.05, 0.1) is 15.1 Å². The highest BCUT2D eigenvalue weighted by molar-refractivity contribution is 8.69. The largest absolute Gasteiger partial charge is 0.248 e. The first kappa shape index (κ1) is 19.5. The molecule has 1 rings (SSSR count). The van der Waals surface area contributed by atoms with Crippen LogP contribution in [0.4, 0.5) is 0 Å². The average molecular weight is 333 g/mol. The molecule has 126 valence electrons. The van der Waals surface area contributed by atoms with Gasteiger partial charge < -0.3 is 0 Å². The maximum absolute atomic E-state index is 13.2.